The average Bonchev–Trinajstić information content (AvgIpc) is 2.84. The SMILES string of the molecule is CN(C[C@H]1CCCNC1)c1nc2ccccc2s1. The molecule has 3 rings (SSSR count). The van der Waals surface area contributed by atoms with E-state index in [1.54, 1.807) is 11.3 Å². The van der Waals surface area contributed by atoms with Gasteiger partial charge in [0.15, 0.2) is 5.13 Å². The van der Waals surface area contributed by atoms with E-state index in [4.69, 9.17) is 4.98 Å². The summed E-state index contributed by atoms with van der Waals surface area (Å²) in [5.74, 6) is 0.760. The first-order valence-electron chi connectivity index (χ1n) is 6.60. The molecule has 2 heterocycles. The number of nitrogens with zero attached hydrogens (tertiary/aromatic N) is 2. The van der Waals surface area contributed by atoms with Crippen LogP contribution in [0.1, 0.15) is 12.8 Å². The lowest BCUT2D eigenvalue weighted by molar-refractivity contribution is 0.381. The Morgan fingerprint density at radius 1 is 1.44 bits per heavy atom. The first kappa shape index (κ1) is 11.9. The quantitative estimate of drug-likeness (QED) is 0.921. The minimum Gasteiger partial charge on any atom is -0.351 e. The molecule has 0 aliphatic carbocycles. The van der Waals surface area contributed by atoms with Crippen molar-refractivity contribution in [3.63, 3.8) is 0 Å². The van der Waals surface area contributed by atoms with Crippen molar-refractivity contribution in [2.75, 3.05) is 31.6 Å². The molecule has 1 atom stereocenters. The molecule has 3 nitrogen and oxygen atoms in total. The standard InChI is InChI=1S/C14H19N3S/c1-17(10-11-5-4-8-15-9-11)14-16-12-6-2-3-7-13(12)18-14/h2-3,6-7,11,15H,4-5,8-10H2,1H3/t11-/m0/s1. The summed E-state index contributed by atoms with van der Waals surface area (Å²) in [5, 5.41) is 4.62. The van der Waals surface area contributed by atoms with Crippen LogP contribution < -0.4 is 10.2 Å². The maximum atomic E-state index is 4.70. The predicted molar refractivity (Wildman–Crippen MR) is 78.5 cm³/mol. The molecule has 0 radical (unpaired) electrons. The second-order valence-electron chi connectivity index (χ2n) is 5.06. The highest BCUT2D eigenvalue weighted by Crippen LogP contribution is 2.28. The molecule has 0 bridgehead atoms. The third-order valence-electron chi connectivity index (χ3n) is 3.54. The highest BCUT2D eigenvalue weighted by molar-refractivity contribution is 7.22. The van der Waals surface area contributed by atoms with E-state index in [1.807, 2.05) is 0 Å². The first-order valence-corrected chi connectivity index (χ1v) is 7.42. The van der Waals surface area contributed by atoms with E-state index in [0.29, 0.717) is 0 Å². The molecule has 2 aromatic rings. The number of nitrogens with one attached hydrogen (secondary N) is 1. The Labute approximate surface area is 112 Å². The number of hydrogen-bond donors (Lipinski definition) is 1. The predicted octanol–water partition coefficient (Wildman–Crippen LogP) is 2.73. The van der Waals surface area contributed by atoms with Crippen LogP contribution in [0.3, 0.4) is 0 Å². The number of anilines is 1. The number of para-hydroxylation sites is 1. The number of aromatic nitrogens is 1. The largest absolute Gasteiger partial charge is 0.351 e. The summed E-state index contributed by atoms with van der Waals surface area (Å²) in [6, 6.07) is 8.37. The Morgan fingerprint density at radius 2 is 2.33 bits per heavy atom. The van der Waals surface area contributed by atoms with Gasteiger partial charge in [0.05, 0.1) is 10.2 Å². The third-order valence-corrected chi connectivity index (χ3v) is 4.69. The summed E-state index contributed by atoms with van der Waals surface area (Å²) in [6.07, 6.45) is 2.64. The van der Waals surface area contributed by atoms with E-state index >= 15 is 0 Å². The van der Waals surface area contributed by atoms with E-state index in [0.717, 1.165) is 29.7 Å². The molecule has 4 heteroatoms. The van der Waals surface area contributed by atoms with Gasteiger partial charge in [-0.3, -0.25) is 0 Å². The molecule has 1 aromatic heterocycles. The molecule has 1 aliphatic heterocycles. The van der Waals surface area contributed by atoms with Crippen LogP contribution in [0, 0.1) is 5.92 Å². The van der Waals surface area contributed by atoms with E-state index < -0.39 is 0 Å². The molecule has 1 N–H and O–H groups in total. The van der Waals surface area contributed by atoms with Crippen molar-refractivity contribution in [3.8, 4) is 0 Å². The van der Waals surface area contributed by atoms with Gasteiger partial charge < -0.3 is 10.2 Å². The van der Waals surface area contributed by atoms with Gasteiger partial charge in [-0.15, -0.1) is 0 Å². The summed E-state index contributed by atoms with van der Waals surface area (Å²) in [5.41, 5.74) is 1.12. The normalized spacial score (nSPS) is 20.2. The van der Waals surface area contributed by atoms with Crippen LogP contribution in [-0.2, 0) is 0 Å². The minimum absolute atomic E-state index is 0.760. The van der Waals surface area contributed by atoms with E-state index in [-0.39, 0.29) is 0 Å². The van der Waals surface area contributed by atoms with Gasteiger partial charge in [0.25, 0.3) is 0 Å². The monoisotopic (exact) mass is 261 g/mol. The van der Waals surface area contributed by atoms with Crippen LogP contribution in [0.5, 0.6) is 0 Å². The summed E-state index contributed by atoms with van der Waals surface area (Å²) in [6.45, 7) is 3.43. The Balaban J connectivity index is 1.72. The third kappa shape index (κ3) is 2.49. The summed E-state index contributed by atoms with van der Waals surface area (Å²) >= 11 is 1.79. The van der Waals surface area contributed by atoms with Crippen molar-refractivity contribution in [2.45, 2.75) is 12.8 Å². The molecule has 1 aromatic carbocycles. The molecule has 0 unspecified atom stereocenters. The van der Waals surface area contributed by atoms with Crippen molar-refractivity contribution in [1.29, 1.82) is 0 Å². The summed E-state index contributed by atoms with van der Waals surface area (Å²) < 4.78 is 1.28. The Hall–Kier alpha value is -1.13. The molecule has 1 aliphatic rings. The molecule has 0 amide bonds. The van der Waals surface area contributed by atoms with Crippen LogP contribution in [0.25, 0.3) is 10.2 Å². The Bertz CT molecular complexity index is 483. The number of fused-ring (bicyclic) bond motifs is 1. The number of benzene rings is 1. The molecule has 96 valence electrons. The Morgan fingerprint density at radius 3 is 3.11 bits per heavy atom. The van der Waals surface area contributed by atoms with Crippen molar-refractivity contribution in [3.05, 3.63) is 24.3 Å². The van der Waals surface area contributed by atoms with Gasteiger partial charge in [-0.05, 0) is 44.0 Å². The second kappa shape index (κ2) is 5.24. The van der Waals surface area contributed by atoms with Gasteiger partial charge in [0.2, 0.25) is 0 Å². The van der Waals surface area contributed by atoms with E-state index in [9.17, 15) is 0 Å². The van der Waals surface area contributed by atoms with Crippen LogP contribution >= 0.6 is 11.3 Å². The van der Waals surface area contributed by atoms with Gasteiger partial charge in [-0.1, -0.05) is 23.5 Å². The van der Waals surface area contributed by atoms with Crippen LogP contribution in [-0.4, -0.2) is 31.7 Å². The van der Waals surface area contributed by atoms with E-state index in [2.05, 4.69) is 41.5 Å². The highest BCUT2D eigenvalue weighted by Gasteiger charge is 2.16. The lowest BCUT2D eigenvalue weighted by atomic mass is 9.99. The van der Waals surface area contributed by atoms with Crippen LogP contribution in [0.2, 0.25) is 0 Å². The van der Waals surface area contributed by atoms with Gasteiger partial charge >= 0.3 is 0 Å². The maximum Gasteiger partial charge on any atom is 0.186 e. The second-order valence-corrected chi connectivity index (χ2v) is 6.07. The highest BCUT2D eigenvalue weighted by atomic mass is 32.1. The molecular weight excluding hydrogens is 242 g/mol. The lowest BCUT2D eigenvalue weighted by Crippen LogP contribution is -2.36. The molecule has 1 fully saturated rings. The summed E-state index contributed by atoms with van der Waals surface area (Å²) in [7, 11) is 2.16. The molecule has 0 spiro atoms. The molecule has 18 heavy (non-hydrogen) atoms. The zero-order valence-corrected chi connectivity index (χ0v) is 11.5. The zero-order valence-electron chi connectivity index (χ0n) is 10.7. The number of rotatable bonds is 3. The van der Waals surface area contributed by atoms with Crippen molar-refractivity contribution >= 4 is 26.7 Å². The molecular formula is C14H19N3S. The smallest absolute Gasteiger partial charge is 0.186 e. The van der Waals surface area contributed by atoms with Gasteiger partial charge in [-0.25, -0.2) is 4.98 Å². The fourth-order valence-electron chi connectivity index (χ4n) is 2.57. The zero-order chi connectivity index (χ0) is 12.4. The number of thiazole rings is 1. The van der Waals surface area contributed by atoms with Gasteiger partial charge in [0, 0.05) is 13.6 Å². The van der Waals surface area contributed by atoms with Gasteiger partial charge in [0.1, 0.15) is 0 Å². The number of piperidine rings is 1. The van der Waals surface area contributed by atoms with Crippen LogP contribution in [0.4, 0.5) is 5.13 Å². The van der Waals surface area contributed by atoms with Gasteiger partial charge in [-0.2, -0.15) is 0 Å². The van der Waals surface area contributed by atoms with Crippen molar-refractivity contribution in [1.82, 2.24) is 10.3 Å². The fraction of sp³-hybridized carbons (Fsp3) is 0.500. The number of hydrogen-bond acceptors (Lipinski definition) is 4. The minimum atomic E-state index is 0.760. The van der Waals surface area contributed by atoms with Crippen LogP contribution in [0.15, 0.2) is 24.3 Å². The maximum absolute atomic E-state index is 4.70. The lowest BCUT2D eigenvalue weighted by Gasteiger charge is -2.27. The molecule has 1 saturated heterocycles. The summed E-state index contributed by atoms with van der Waals surface area (Å²) in [4.78, 5) is 7.01. The average molecular weight is 261 g/mol. The topological polar surface area (TPSA) is 28.2 Å². The van der Waals surface area contributed by atoms with E-state index in [1.165, 1.54) is 24.1 Å². The first-order chi connectivity index (χ1) is 8.83. The fourth-order valence-corrected chi connectivity index (χ4v) is 3.50. The van der Waals surface area contributed by atoms with Crippen molar-refractivity contribution in [2.24, 2.45) is 5.92 Å². The molecule has 0 saturated carbocycles. The Kier molecular flexibility index (Phi) is 3.48. The van der Waals surface area contributed by atoms with Crippen molar-refractivity contribution < 1.29 is 0 Å².